The number of halogens is 2. The van der Waals surface area contributed by atoms with Crippen molar-refractivity contribution in [3.63, 3.8) is 0 Å². The molecule has 2 aromatic heterocycles. The number of pyridine rings is 1. The van der Waals surface area contributed by atoms with Gasteiger partial charge in [0.2, 0.25) is 0 Å². The molecule has 23 heavy (non-hydrogen) atoms. The van der Waals surface area contributed by atoms with Gasteiger partial charge in [-0.15, -0.1) is 0 Å². The summed E-state index contributed by atoms with van der Waals surface area (Å²) in [7, 11) is 0. The van der Waals surface area contributed by atoms with Gasteiger partial charge in [-0.3, -0.25) is 4.79 Å². The normalized spacial score (nSPS) is 10.3. The first-order valence-electron chi connectivity index (χ1n) is 6.75. The summed E-state index contributed by atoms with van der Waals surface area (Å²) >= 11 is 12.1. The zero-order valence-corrected chi connectivity index (χ0v) is 13.3. The minimum absolute atomic E-state index is 0.242. The van der Waals surface area contributed by atoms with Crippen LogP contribution in [0, 0.1) is 0 Å². The highest BCUT2D eigenvalue weighted by Crippen LogP contribution is 2.25. The average molecular weight is 347 g/mol. The van der Waals surface area contributed by atoms with Gasteiger partial charge in [-0.2, -0.15) is 0 Å². The second-order valence-corrected chi connectivity index (χ2v) is 5.50. The molecular formula is C16H12Cl2N4O. The SMILES string of the molecule is O=C(Nc1ccnc(Nc2ccc[nH]2)c1)c1c(Cl)cccc1Cl. The summed E-state index contributed by atoms with van der Waals surface area (Å²) in [6, 6.07) is 12.1. The molecule has 0 saturated carbocycles. The van der Waals surface area contributed by atoms with Gasteiger partial charge < -0.3 is 15.6 Å². The molecule has 2 heterocycles. The summed E-state index contributed by atoms with van der Waals surface area (Å²) < 4.78 is 0. The van der Waals surface area contributed by atoms with E-state index in [0.717, 1.165) is 5.82 Å². The Morgan fingerprint density at radius 2 is 1.87 bits per heavy atom. The molecule has 0 fully saturated rings. The maximum atomic E-state index is 12.4. The average Bonchev–Trinajstić information content (AvgIpc) is 3.00. The molecule has 5 nitrogen and oxygen atoms in total. The molecule has 116 valence electrons. The van der Waals surface area contributed by atoms with Gasteiger partial charge in [-0.05, 0) is 30.3 Å². The molecule has 3 aromatic rings. The number of hydrogen-bond acceptors (Lipinski definition) is 3. The van der Waals surface area contributed by atoms with Gasteiger partial charge in [0.15, 0.2) is 0 Å². The minimum Gasteiger partial charge on any atom is -0.348 e. The van der Waals surface area contributed by atoms with E-state index >= 15 is 0 Å². The molecule has 1 aromatic carbocycles. The monoisotopic (exact) mass is 346 g/mol. The Morgan fingerprint density at radius 1 is 1.09 bits per heavy atom. The van der Waals surface area contributed by atoms with Gasteiger partial charge in [-0.1, -0.05) is 29.3 Å². The second-order valence-electron chi connectivity index (χ2n) is 4.69. The van der Waals surface area contributed by atoms with Crippen LogP contribution in [0.5, 0.6) is 0 Å². The van der Waals surface area contributed by atoms with Gasteiger partial charge in [0.1, 0.15) is 11.6 Å². The number of carbonyl (C=O) groups excluding carboxylic acids is 1. The minimum atomic E-state index is -0.377. The lowest BCUT2D eigenvalue weighted by Crippen LogP contribution is -2.13. The van der Waals surface area contributed by atoms with Crippen molar-refractivity contribution in [1.82, 2.24) is 9.97 Å². The Balaban J connectivity index is 1.79. The molecular weight excluding hydrogens is 335 g/mol. The van der Waals surface area contributed by atoms with Crippen molar-refractivity contribution in [2.45, 2.75) is 0 Å². The largest absolute Gasteiger partial charge is 0.348 e. The van der Waals surface area contributed by atoms with Crippen molar-refractivity contribution in [2.24, 2.45) is 0 Å². The lowest BCUT2D eigenvalue weighted by atomic mass is 10.2. The van der Waals surface area contributed by atoms with Crippen LogP contribution in [-0.4, -0.2) is 15.9 Å². The van der Waals surface area contributed by atoms with Crippen molar-refractivity contribution < 1.29 is 4.79 Å². The van der Waals surface area contributed by atoms with E-state index in [2.05, 4.69) is 20.6 Å². The predicted molar refractivity (Wildman–Crippen MR) is 92.7 cm³/mol. The number of carbonyl (C=O) groups is 1. The molecule has 0 aliphatic heterocycles. The maximum absolute atomic E-state index is 12.4. The van der Waals surface area contributed by atoms with E-state index in [4.69, 9.17) is 23.2 Å². The molecule has 0 aliphatic rings. The first-order valence-corrected chi connectivity index (χ1v) is 7.51. The van der Waals surface area contributed by atoms with E-state index < -0.39 is 0 Å². The molecule has 0 saturated heterocycles. The lowest BCUT2D eigenvalue weighted by molar-refractivity contribution is 0.102. The van der Waals surface area contributed by atoms with E-state index in [0.29, 0.717) is 21.6 Å². The number of benzene rings is 1. The number of amides is 1. The zero-order valence-electron chi connectivity index (χ0n) is 11.8. The van der Waals surface area contributed by atoms with Crippen LogP contribution in [0.25, 0.3) is 0 Å². The van der Waals surface area contributed by atoms with Crippen LogP contribution in [0.2, 0.25) is 10.0 Å². The third-order valence-electron chi connectivity index (χ3n) is 3.07. The predicted octanol–water partition coefficient (Wildman–Crippen LogP) is 4.71. The topological polar surface area (TPSA) is 69.8 Å². The van der Waals surface area contributed by atoms with E-state index in [9.17, 15) is 4.79 Å². The highest BCUT2D eigenvalue weighted by molar-refractivity contribution is 6.40. The standard InChI is InChI=1S/C16H12Cl2N4O/c17-11-3-1-4-12(18)15(11)16(23)21-10-6-8-20-14(9-10)22-13-5-2-7-19-13/h1-9,19H,(H2,20,21,22,23). The van der Waals surface area contributed by atoms with Gasteiger partial charge in [0, 0.05) is 24.1 Å². The maximum Gasteiger partial charge on any atom is 0.258 e. The van der Waals surface area contributed by atoms with Crippen LogP contribution in [0.1, 0.15) is 10.4 Å². The van der Waals surface area contributed by atoms with Crippen molar-refractivity contribution in [3.8, 4) is 0 Å². The Morgan fingerprint density at radius 3 is 2.57 bits per heavy atom. The summed E-state index contributed by atoms with van der Waals surface area (Å²) in [5, 5.41) is 6.45. The number of rotatable bonds is 4. The van der Waals surface area contributed by atoms with Gasteiger partial charge in [-0.25, -0.2) is 4.98 Å². The van der Waals surface area contributed by atoms with Crippen LogP contribution in [0.3, 0.4) is 0 Å². The first-order chi connectivity index (χ1) is 11.1. The van der Waals surface area contributed by atoms with E-state index in [-0.39, 0.29) is 11.5 Å². The fourth-order valence-electron chi connectivity index (χ4n) is 2.03. The molecule has 7 heteroatoms. The summed E-state index contributed by atoms with van der Waals surface area (Å²) in [5.74, 6) is 1.02. The molecule has 0 aliphatic carbocycles. The highest BCUT2D eigenvalue weighted by atomic mass is 35.5. The molecule has 0 spiro atoms. The first kappa shape index (κ1) is 15.4. The summed E-state index contributed by atoms with van der Waals surface area (Å²) in [4.78, 5) is 19.6. The fourth-order valence-corrected chi connectivity index (χ4v) is 2.60. The summed E-state index contributed by atoms with van der Waals surface area (Å²) in [6.07, 6.45) is 3.39. The smallest absolute Gasteiger partial charge is 0.258 e. The Labute approximate surface area is 142 Å². The number of aromatic nitrogens is 2. The van der Waals surface area contributed by atoms with Crippen molar-refractivity contribution in [2.75, 3.05) is 10.6 Å². The van der Waals surface area contributed by atoms with E-state index in [1.54, 1.807) is 42.7 Å². The second kappa shape index (κ2) is 6.73. The van der Waals surface area contributed by atoms with Crippen LogP contribution in [0.4, 0.5) is 17.3 Å². The van der Waals surface area contributed by atoms with E-state index in [1.165, 1.54) is 0 Å². The Hall–Kier alpha value is -2.50. The third-order valence-corrected chi connectivity index (χ3v) is 3.70. The molecule has 0 atom stereocenters. The quantitative estimate of drug-likeness (QED) is 0.640. The van der Waals surface area contributed by atoms with Gasteiger partial charge in [0.25, 0.3) is 5.91 Å². The van der Waals surface area contributed by atoms with Crippen LogP contribution in [-0.2, 0) is 0 Å². The van der Waals surface area contributed by atoms with Crippen molar-refractivity contribution >= 4 is 46.4 Å². The molecule has 0 bridgehead atoms. The molecule has 0 radical (unpaired) electrons. The van der Waals surface area contributed by atoms with Crippen LogP contribution < -0.4 is 10.6 Å². The van der Waals surface area contributed by atoms with Crippen molar-refractivity contribution in [1.29, 1.82) is 0 Å². The zero-order chi connectivity index (χ0) is 16.2. The number of H-pyrrole nitrogens is 1. The number of nitrogens with zero attached hydrogens (tertiary/aromatic N) is 1. The molecule has 3 rings (SSSR count). The fraction of sp³-hybridized carbons (Fsp3) is 0. The summed E-state index contributed by atoms with van der Waals surface area (Å²) in [5.41, 5.74) is 0.821. The Bertz CT molecular complexity index is 814. The van der Waals surface area contributed by atoms with Crippen LogP contribution in [0.15, 0.2) is 54.9 Å². The summed E-state index contributed by atoms with van der Waals surface area (Å²) in [6.45, 7) is 0. The number of anilines is 3. The molecule has 1 amide bonds. The number of hydrogen-bond donors (Lipinski definition) is 3. The third kappa shape index (κ3) is 3.64. The highest BCUT2D eigenvalue weighted by Gasteiger charge is 2.14. The number of aromatic amines is 1. The van der Waals surface area contributed by atoms with Crippen LogP contribution >= 0.6 is 23.2 Å². The molecule has 3 N–H and O–H groups in total. The number of nitrogens with one attached hydrogen (secondary N) is 3. The lowest BCUT2D eigenvalue weighted by Gasteiger charge is -2.10. The van der Waals surface area contributed by atoms with Crippen molar-refractivity contribution in [3.05, 3.63) is 70.5 Å². The van der Waals surface area contributed by atoms with E-state index in [1.807, 2.05) is 12.1 Å². The van der Waals surface area contributed by atoms with Gasteiger partial charge >= 0.3 is 0 Å². The molecule has 0 unspecified atom stereocenters. The van der Waals surface area contributed by atoms with Gasteiger partial charge in [0.05, 0.1) is 15.6 Å². The Kier molecular flexibility index (Phi) is 4.50.